The highest BCUT2D eigenvalue weighted by Gasteiger charge is 2.32. The summed E-state index contributed by atoms with van der Waals surface area (Å²) in [6, 6.07) is 6.35. The van der Waals surface area contributed by atoms with Gasteiger partial charge in [-0.1, -0.05) is 6.07 Å². The lowest BCUT2D eigenvalue weighted by Crippen LogP contribution is -2.33. The van der Waals surface area contributed by atoms with E-state index in [1.807, 2.05) is 0 Å². The Bertz CT molecular complexity index is 1080. The molecular weight excluding hydrogens is 418 g/mol. The fourth-order valence-corrected chi connectivity index (χ4v) is 3.10. The van der Waals surface area contributed by atoms with E-state index in [4.69, 9.17) is 4.74 Å². The van der Waals surface area contributed by atoms with Gasteiger partial charge in [0.1, 0.15) is 11.5 Å². The lowest BCUT2D eigenvalue weighted by atomic mass is 10.1. The molecule has 0 saturated carbocycles. The molecule has 1 unspecified atom stereocenters. The predicted molar refractivity (Wildman–Crippen MR) is 102 cm³/mol. The van der Waals surface area contributed by atoms with Crippen molar-refractivity contribution < 1.29 is 27.1 Å². The molecular formula is C20H17F4N5O2. The van der Waals surface area contributed by atoms with E-state index in [1.165, 1.54) is 29.2 Å². The minimum absolute atomic E-state index is 0.143. The van der Waals surface area contributed by atoms with Crippen molar-refractivity contribution in [3.63, 3.8) is 0 Å². The van der Waals surface area contributed by atoms with Crippen molar-refractivity contribution >= 4 is 11.6 Å². The Labute approximate surface area is 174 Å². The number of aromatic nitrogens is 3. The number of nitrogens with zero attached hydrogens (tertiary/aromatic N) is 3. The maximum Gasteiger partial charge on any atom is 0.433 e. The second-order valence-electron chi connectivity index (χ2n) is 6.83. The van der Waals surface area contributed by atoms with E-state index in [0.29, 0.717) is 25.3 Å². The molecule has 1 fully saturated rings. The van der Waals surface area contributed by atoms with Crippen molar-refractivity contribution in [3.05, 3.63) is 71.6 Å². The number of hydrogen-bond acceptors (Lipinski definition) is 5. The molecule has 162 valence electrons. The summed E-state index contributed by atoms with van der Waals surface area (Å²) in [6.07, 6.45) is -1.34. The molecule has 1 saturated heterocycles. The van der Waals surface area contributed by atoms with Crippen LogP contribution in [0.1, 0.15) is 27.7 Å². The lowest BCUT2D eigenvalue weighted by molar-refractivity contribution is -0.141. The fourth-order valence-electron chi connectivity index (χ4n) is 3.10. The summed E-state index contributed by atoms with van der Waals surface area (Å²) in [6.45, 7) is 1.70. The van der Waals surface area contributed by atoms with Crippen LogP contribution in [0.2, 0.25) is 0 Å². The van der Waals surface area contributed by atoms with Gasteiger partial charge in [-0.3, -0.25) is 4.79 Å². The van der Waals surface area contributed by atoms with Crippen LogP contribution in [0.3, 0.4) is 0 Å². The molecule has 1 atom stereocenters. The van der Waals surface area contributed by atoms with Crippen molar-refractivity contribution in [1.82, 2.24) is 20.1 Å². The van der Waals surface area contributed by atoms with Gasteiger partial charge in [0.2, 0.25) is 0 Å². The van der Waals surface area contributed by atoms with Gasteiger partial charge >= 0.3 is 6.18 Å². The van der Waals surface area contributed by atoms with E-state index in [-0.39, 0.29) is 16.9 Å². The summed E-state index contributed by atoms with van der Waals surface area (Å²) < 4.78 is 59.1. The van der Waals surface area contributed by atoms with E-state index in [1.54, 1.807) is 12.1 Å². The Balaban J connectivity index is 1.45. The number of hydrogen-bond donors (Lipinski definition) is 2. The number of morpholine rings is 1. The Morgan fingerprint density at radius 1 is 1.23 bits per heavy atom. The van der Waals surface area contributed by atoms with Crippen molar-refractivity contribution in [3.8, 4) is 5.69 Å². The number of rotatable bonds is 4. The van der Waals surface area contributed by atoms with Gasteiger partial charge in [-0.25, -0.2) is 14.1 Å². The minimum Gasteiger partial charge on any atom is -0.371 e. The molecule has 31 heavy (non-hydrogen) atoms. The normalized spacial score (nSPS) is 16.8. The van der Waals surface area contributed by atoms with Gasteiger partial charge in [0, 0.05) is 30.5 Å². The lowest BCUT2D eigenvalue weighted by Gasteiger charge is -2.24. The SMILES string of the molecule is O=C(Nc1ccc(C2CNCCO2)c(F)c1)c1cnn(-c2ccc(C(F)(F)F)nc2)c1. The number of carbonyl (C=O) groups excluding carboxylic acids is 1. The molecule has 1 aromatic carbocycles. The quantitative estimate of drug-likeness (QED) is 0.615. The maximum atomic E-state index is 14.5. The third-order valence-electron chi connectivity index (χ3n) is 4.68. The molecule has 4 rings (SSSR count). The summed E-state index contributed by atoms with van der Waals surface area (Å²) in [5.74, 6) is -1.05. The molecule has 1 aliphatic rings. The highest BCUT2D eigenvalue weighted by Crippen LogP contribution is 2.28. The summed E-state index contributed by atoms with van der Waals surface area (Å²) in [5, 5.41) is 9.66. The molecule has 0 radical (unpaired) electrons. The molecule has 3 aromatic rings. The van der Waals surface area contributed by atoms with Crippen LogP contribution in [0.5, 0.6) is 0 Å². The zero-order valence-electron chi connectivity index (χ0n) is 16.0. The highest BCUT2D eigenvalue weighted by molar-refractivity contribution is 6.04. The Morgan fingerprint density at radius 3 is 2.71 bits per heavy atom. The molecule has 3 heterocycles. The summed E-state index contributed by atoms with van der Waals surface area (Å²) in [7, 11) is 0. The van der Waals surface area contributed by atoms with Gasteiger partial charge in [0.15, 0.2) is 0 Å². The largest absolute Gasteiger partial charge is 0.433 e. The van der Waals surface area contributed by atoms with Crippen LogP contribution in [0.25, 0.3) is 5.69 Å². The maximum absolute atomic E-state index is 14.5. The van der Waals surface area contributed by atoms with Crippen molar-refractivity contribution in [2.45, 2.75) is 12.3 Å². The molecule has 7 nitrogen and oxygen atoms in total. The van der Waals surface area contributed by atoms with Crippen LogP contribution in [0, 0.1) is 5.82 Å². The molecule has 0 bridgehead atoms. The number of amides is 1. The average Bonchev–Trinajstić information content (AvgIpc) is 3.24. The molecule has 2 aromatic heterocycles. The van der Waals surface area contributed by atoms with Crippen LogP contribution >= 0.6 is 0 Å². The third kappa shape index (κ3) is 4.72. The van der Waals surface area contributed by atoms with E-state index < -0.39 is 29.7 Å². The van der Waals surface area contributed by atoms with Gasteiger partial charge < -0.3 is 15.4 Å². The second kappa shape index (κ2) is 8.44. The summed E-state index contributed by atoms with van der Waals surface area (Å²) >= 11 is 0. The number of pyridine rings is 1. The highest BCUT2D eigenvalue weighted by atomic mass is 19.4. The van der Waals surface area contributed by atoms with E-state index in [9.17, 15) is 22.4 Å². The number of ether oxygens (including phenoxy) is 1. The van der Waals surface area contributed by atoms with E-state index >= 15 is 0 Å². The Hall–Kier alpha value is -3.31. The molecule has 1 amide bonds. The molecule has 0 aliphatic carbocycles. The van der Waals surface area contributed by atoms with E-state index in [2.05, 4.69) is 20.7 Å². The number of halogens is 4. The zero-order valence-corrected chi connectivity index (χ0v) is 16.0. The number of nitrogens with one attached hydrogen (secondary N) is 2. The molecule has 1 aliphatic heterocycles. The number of carbonyl (C=O) groups is 1. The Morgan fingerprint density at radius 2 is 2.06 bits per heavy atom. The first-order chi connectivity index (χ1) is 14.8. The molecule has 0 spiro atoms. The van der Waals surface area contributed by atoms with E-state index in [0.717, 1.165) is 12.3 Å². The first-order valence-corrected chi connectivity index (χ1v) is 9.33. The van der Waals surface area contributed by atoms with Gasteiger partial charge in [-0.2, -0.15) is 18.3 Å². The fraction of sp³-hybridized carbons (Fsp3) is 0.250. The second-order valence-corrected chi connectivity index (χ2v) is 6.83. The monoisotopic (exact) mass is 435 g/mol. The summed E-state index contributed by atoms with van der Waals surface area (Å²) in [5.41, 5.74) is 0.0146. The van der Waals surface area contributed by atoms with Crippen LogP contribution in [0.15, 0.2) is 48.9 Å². The predicted octanol–water partition coefficient (Wildman–Crippen LogP) is 3.34. The Kier molecular flexibility index (Phi) is 5.70. The number of benzene rings is 1. The van der Waals surface area contributed by atoms with Crippen LogP contribution in [-0.2, 0) is 10.9 Å². The molecule has 2 N–H and O–H groups in total. The van der Waals surface area contributed by atoms with Crippen LogP contribution < -0.4 is 10.6 Å². The van der Waals surface area contributed by atoms with Gasteiger partial charge in [-0.15, -0.1) is 0 Å². The first kappa shape index (κ1) is 20.9. The van der Waals surface area contributed by atoms with Crippen LogP contribution in [0.4, 0.5) is 23.2 Å². The van der Waals surface area contributed by atoms with Crippen LogP contribution in [-0.4, -0.2) is 40.4 Å². The third-order valence-corrected chi connectivity index (χ3v) is 4.68. The number of anilines is 1. The number of alkyl halides is 3. The van der Waals surface area contributed by atoms with Gasteiger partial charge in [0.25, 0.3) is 5.91 Å². The summed E-state index contributed by atoms with van der Waals surface area (Å²) in [4.78, 5) is 15.8. The van der Waals surface area contributed by atoms with Crippen molar-refractivity contribution in [1.29, 1.82) is 0 Å². The topological polar surface area (TPSA) is 81.1 Å². The smallest absolute Gasteiger partial charge is 0.371 e. The van der Waals surface area contributed by atoms with Crippen molar-refractivity contribution in [2.24, 2.45) is 0 Å². The average molecular weight is 435 g/mol. The van der Waals surface area contributed by atoms with Gasteiger partial charge in [-0.05, 0) is 24.3 Å². The zero-order chi connectivity index (χ0) is 22.0. The first-order valence-electron chi connectivity index (χ1n) is 9.33. The standard InChI is InChI=1S/C20H17F4N5O2/c21-16-7-13(1-3-15(16)17-10-25-5-6-31-17)28-19(30)12-8-27-29(11-12)14-2-4-18(26-9-14)20(22,23)24/h1-4,7-9,11,17,25H,5-6,10H2,(H,28,30). The molecule has 11 heteroatoms. The minimum atomic E-state index is -4.54. The van der Waals surface area contributed by atoms with Crippen molar-refractivity contribution in [2.75, 3.05) is 25.0 Å². The van der Waals surface area contributed by atoms with Gasteiger partial charge in [0.05, 0.1) is 36.4 Å².